The lowest BCUT2D eigenvalue weighted by atomic mass is 10.3. The van der Waals surface area contributed by atoms with Crippen LogP contribution in [0.4, 0.5) is 0 Å². The van der Waals surface area contributed by atoms with Crippen LogP contribution in [-0.4, -0.2) is 11.6 Å². The van der Waals surface area contributed by atoms with Crippen LogP contribution in [0.25, 0.3) is 0 Å². The summed E-state index contributed by atoms with van der Waals surface area (Å²) in [6.07, 6.45) is -0.0579. The standard InChI is InChI=1S/C5H4O2S2/c6-2-1-3(7)5(9)4(2)8/h8-9H,1H2. The highest BCUT2D eigenvalue weighted by Gasteiger charge is 2.25. The Labute approximate surface area is 63.1 Å². The highest BCUT2D eigenvalue weighted by atomic mass is 32.1. The number of Topliss-reactive ketones (excluding diaryl/α,β-unsaturated/α-hetero) is 2. The van der Waals surface area contributed by atoms with E-state index in [1.807, 2.05) is 0 Å². The molecule has 1 aliphatic rings. The minimum atomic E-state index is -0.228. The molecule has 4 heteroatoms. The van der Waals surface area contributed by atoms with Crippen LogP contribution in [0.15, 0.2) is 9.81 Å². The van der Waals surface area contributed by atoms with Gasteiger partial charge in [-0.3, -0.25) is 9.59 Å². The van der Waals surface area contributed by atoms with Gasteiger partial charge in [0.1, 0.15) is 0 Å². The van der Waals surface area contributed by atoms with E-state index in [1.165, 1.54) is 0 Å². The zero-order chi connectivity index (χ0) is 7.02. The minimum Gasteiger partial charge on any atom is -0.293 e. The smallest absolute Gasteiger partial charge is 0.177 e. The molecule has 0 bridgehead atoms. The molecule has 0 heterocycles. The third kappa shape index (κ3) is 1.04. The molecule has 0 saturated carbocycles. The van der Waals surface area contributed by atoms with Crippen LogP contribution in [0.1, 0.15) is 6.42 Å². The molecule has 0 radical (unpaired) electrons. The lowest BCUT2D eigenvalue weighted by Gasteiger charge is -1.83. The van der Waals surface area contributed by atoms with Gasteiger partial charge in [-0.05, 0) is 0 Å². The summed E-state index contributed by atoms with van der Waals surface area (Å²) in [5.41, 5.74) is 0. The lowest BCUT2D eigenvalue weighted by Crippen LogP contribution is -1.93. The molecule has 0 saturated heterocycles. The summed E-state index contributed by atoms with van der Waals surface area (Å²) in [5.74, 6) is -0.457. The van der Waals surface area contributed by atoms with Gasteiger partial charge < -0.3 is 0 Å². The number of thiol groups is 2. The summed E-state index contributed by atoms with van der Waals surface area (Å²) >= 11 is 7.55. The molecule has 0 aromatic rings. The minimum absolute atomic E-state index is 0.0579. The first-order valence-electron chi connectivity index (χ1n) is 2.31. The number of carbonyl (C=O) groups excluding carboxylic acids is 2. The molecule has 1 rings (SSSR count). The molecule has 0 spiro atoms. The van der Waals surface area contributed by atoms with E-state index in [4.69, 9.17) is 0 Å². The highest BCUT2D eigenvalue weighted by molar-refractivity contribution is 7.90. The normalized spacial score (nSPS) is 19.8. The van der Waals surface area contributed by atoms with Crippen LogP contribution in [0.5, 0.6) is 0 Å². The van der Waals surface area contributed by atoms with E-state index in [0.29, 0.717) is 0 Å². The van der Waals surface area contributed by atoms with Crippen LogP contribution in [-0.2, 0) is 9.59 Å². The van der Waals surface area contributed by atoms with E-state index in [0.717, 1.165) is 0 Å². The Balaban J connectivity index is 3.06. The van der Waals surface area contributed by atoms with E-state index in [-0.39, 0.29) is 27.8 Å². The van der Waals surface area contributed by atoms with Crippen molar-refractivity contribution in [1.82, 2.24) is 0 Å². The van der Waals surface area contributed by atoms with Crippen LogP contribution < -0.4 is 0 Å². The molecule has 1 aliphatic carbocycles. The number of allylic oxidation sites excluding steroid dienone is 2. The first kappa shape index (κ1) is 6.89. The second-order valence-corrected chi connectivity index (χ2v) is 2.61. The van der Waals surface area contributed by atoms with Crippen LogP contribution in [0.2, 0.25) is 0 Å². The van der Waals surface area contributed by atoms with Crippen molar-refractivity contribution < 1.29 is 9.59 Å². The number of ketones is 2. The molecule has 0 N–H and O–H groups in total. The molecule has 0 amide bonds. The second-order valence-electron chi connectivity index (χ2n) is 1.72. The number of hydrogen-bond acceptors (Lipinski definition) is 4. The lowest BCUT2D eigenvalue weighted by molar-refractivity contribution is -0.120. The predicted molar refractivity (Wildman–Crippen MR) is 39.6 cm³/mol. The molecule has 9 heavy (non-hydrogen) atoms. The first-order chi connectivity index (χ1) is 4.13. The zero-order valence-electron chi connectivity index (χ0n) is 4.42. The average Bonchev–Trinajstić information content (AvgIpc) is 1.98. The van der Waals surface area contributed by atoms with Gasteiger partial charge in [-0.1, -0.05) is 0 Å². The summed E-state index contributed by atoms with van der Waals surface area (Å²) in [7, 11) is 0. The van der Waals surface area contributed by atoms with Crippen LogP contribution >= 0.6 is 25.3 Å². The summed E-state index contributed by atoms with van der Waals surface area (Å²) in [5, 5.41) is 0. The monoisotopic (exact) mass is 160 g/mol. The first-order valence-corrected chi connectivity index (χ1v) is 3.21. The van der Waals surface area contributed by atoms with Gasteiger partial charge in [0.05, 0.1) is 16.2 Å². The Morgan fingerprint density at radius 1 is 1.00 bits per heavy atom. The maximum Gasteiger partial charge on any atom is 0.177 e. The molecular formula is C5H4O2S2. The van der Waals surface area contributed by atoms with Crippen LogP contribution in [0, 0.1) is 0 Å². The highest BCUT2D eigenvalue weighted by Crippen LogP contribution is 2.24. The van der Waals surface area contributed by atoms with Crippen LogP contribution in [0.3, 0.4) is 0 Å². The number of hydrogen-bond donors (Lipinski definition) is 2. The third-order valence-electron chi connectivity index (χ3n) is 1.07. The van der Waals surface area contributed by atoms with E-state index in [9.17, 15) is 9.59 Å². The van der Waals surface area contributed by atoms with Gasteiger partial charge in [0.2, 0.25) is 0 Å². The largest absolute Gasteiger partial charge is 0.293 e. The predicted octanol–water partition coefficient (Wildman–Crippen LogP) is 0.599. The van der Waals surface area contributed by atoms with Gasteiger partial charge in [0, 0.05) is 0 Å². The van der Waals surface area contributed by atoms with Crippen molar-refractivity contribution in [2.24, 2.45) is 0 Å². The topological polar surface area (TPSA) is 34.1 Å². The summed E-state index contributed by atoms with van der Waals surface area (Å²) in [6.45, 7) is 0. The Kier molecular flexibility index (Phi) is 1.68. The molecule has 0 atom stereocenters. The Hall–Kier alpha value is -0.220. The fourth-order valence-corrected chi connectivity index (χ4v) is 0.985. The van der Waals surface area contributed by atoms with E-state index < -0.39 is 0 Å². The fraction of sp³-hybridized carbons (Fsp3) is 0.200. The Morgan fingerprint density at radius 3 is 1.44 bits per heavy atom. The van der Waals surface area contributed by atoms with Crippen molar-refractivity contribution in [3.63, 3.8) is 0 Å². The van der Waals surface area contributed by atoms with Crippen molar-refractivity contribution in [1.29, 1.82) is 0 Å². The van der Waals surface area contributed by atoms with Gasteiger partial charge in [0.25, 0.3) is 0 Å². The molecule has 2 nitrogen and oxygen atoms in total. The molecule has 0 aliphatic heterocycles. The third-order valence-corrected chi connectivity index (χ3v) is 2.20. The fourth-order valence-electron chi connectivity index (χ4n) is 0.577. The Bertz CT molecular complexity index is 195. The van der Waals surface area contributed by atoms with Gasteiger partial charge >= 0.3 is 0 Å². The van der Waals surface area contributed by atoms with Crippen molar-refractivity contribution in [3.8, 4) is 0 Å². The van der Waals surface area contributed by atoms with E-state index >= 15 is 0 Å². The molecule has 48 valence electrons. The Morgan fingerprint density at radius 2 is 1.33 bits per heavy atom. The molecular weight excluding hydrogens is 156 g/mol. The maximum atomic E-state index is 10.6. The van der Waals surface area contributed by atoms with Crippen molar-refractivity contribution in [2.45, 2.75) is 6.42 Å². The van der Waals surface area contributed by atoms with Gasteiger partial charge in [-0.25, -0.2) is 0 Å². The van der Waals surface area contributed by atoms with Crippen molar-refractivity contribution in [3.05, 3.63) is 9.81 Å². The van der Waals surface area contributed by atoms with Crippen molar-refractivity contribution >= 4 is 36.8 Å². The maximum absolute atomic E-state index is 10.6. The zero-order valence-corrected chi connectivity index (χ0v) is 6.21. The molecule has 0 aromatic heterocycles. The van der Waals surface area contributed by atoms with Gasteiger partial charge in [0.15, 0.2) is 11.6 Å². The van der Waals surface area contributed by atoms with E-state index in [2.05, 4.69) is 25.3 Å². The quantitative estimate of drug-likeness (QED) is 0.402. The second kappa shape index (κ2) is 2.19. The molecule has 0 unspecified atom stereocenters. The van der Waals surface area contributed by atoms with Gasteiger partial charge in [-0.2, -0.15) is 0 Å². The summed E-state index contributed by atoms with van der Waals surface area (Å²) < 4.78 is 0. The number of rotatable bonds is 0. The average molecular weight is 160 g/mol. The van der Waals surface area contributed by atoms with Crippen molar-refractivity contribution in [2.75, 3.05) is 0 Å². The SMILES string of the molecule is O=C1CC(=O)C(S)=C1S. The number of carbonyl (C=O) groups is 2. The summed E-state index contributed by atoms with van der Waals surface area (Å²) in [6, 6.07) is 0. The molecule has 0 aromatic carbocycles. The van der Waals surface area contributed by atoms with E-state index in [1.54, 1.807) is 0 Å². The molecule has 0 fully saturated rings. The van der Waals surface area contributed by atoms with Gasteiger partial charge in [-0.15, -0.1) is 25.3 Å². The summed E-state index contributed by atoms with van der Waals surface area (Å²) in [4.78, 5) is 21.6.